The van der Waals surface area contributed by atoms with E-state index in [9.17, 15) is 22.8 Å². The van der Waals surface area contributed by atoms with Crippen molar-refractivity contribution in [2.24, 2.45) is 5.92 Å². The van der Waals surface area contributed by atoms with Crippen LogP contribution in [0.2, 0.25) is 0 Å². The van der Waals surface area contributed by atoms with Crippen LogP contribution in [0.3, 0.4) is 0 Å². The highest BCUT2D eigenvalue weighted by molar-refractivity contribution is 8.00. The lowest BCUT2D eigenvalue weighted by Gasteiger charge is -2.60. The number of nitrogens with zero attached hydrogens (tertiary/aromatic N) is 3. The van der Waals surface area contributed by atoms with Gasteiger partial charge in [-0.05, 0) is 45.4 Å². The first-order chi connectivity index (χ1) is 14.5. The Hall–Kier alpha value is -0.710. The number of thioether (sulfide) groups is 1. The summed E-state index contributed by atoms with van der Waals surface area (Å²) in [7, 11) is 0. The Morgan fingerprint density at radius 1 is 1.19 bits per heavy atom. The Balaban J connectivity index is 1.49. The minimum atomic E-state index is -4.29. The molecule has 4 rings (SSSR count). The smallest absolute Gasteiger partial charge is 0.329 e. The number of halogens is 4. The maximum atomic E-state index is 13.5. The Bertz CT molecular complexity index is 711. The summed E-state index contributed by atoms with van der Waals surface area (Å²) in [5.41, 5.74) is -1.47. The number of hydrogen-bond acceptors (Lipinski definition) is 5. The van der Waals surface area contributed by atoms with Crippen LogP contribution in [0.25, 0.3) is 0 Å². The third-order valence-corrected chi connectivity index (χ3v) is 8.76. The number of carbonyl (C=O) groups is 2. The molecule has 4 fully saturated rings. The van der Waals surface area contributed by atoms with Crippen LogP contribution in [-0.2, 0) is 9.59 Å². The molecule has 176 valence electrons. The van der Waals surface area contributed by atoms with Gasteiger partial charge in [0.1, 0.15) is 23.6 Å². The van der Waals surface area contributed by atoms with Gasteiger partial charge in [0.25, 0.3) is 5.91 Å². The van der Waals surface area contributed by atoms with Gasteiger partial charge in [0.15, 0.2) is 0 Å². The van der Waals surface area contributed by atoms with E-state index in [0.717, 1.165) is 25.7 Å². The van der Waals surface area contributed by atoms with Crippen molar-refractivity contribution in [3.63, 3.8) is 0 Å². The molecule has 0 aromatic heterocycles. The molecule has 0 radical (unpaired) electrons. The van der Waals surface area contributed by atoms with Gasteiger partial charge in [-0.1, -0.05) is 0 Å². The van der Waals surface area contributed by atoms with Gasteiger partial charge in [-0.25, -0.2) is 0 Å². The molecule has 3 aliphatic heterocycles. The van der Waals surface area contributed by atoms with Crippen molar-refractivity contribution < 1.29 is 22.8 Å². The van der Waals surface area contributed by atoms with Gasteiger partial charge in [0.2, 0.25) is 5.91 Å². The molecule has 3 saturated heterocycles. The Morgan fingerprint density at radius 2 is 1.84 bits per heavy atom. The first kappa shape index (κ1) is 23.4. The Labute approximate surface area is 190 Å². The van der Waals surface area contributed by atoms with Gasteiger partial charge in [0, 0.05) is 36.8 Å². The highest BCUT2D eigenvalue weighted by Crippen LogP contribution is 2.41. The van der Waals surface area contributed by atoms with E-state index in [1.54, 1.807) is 9.80 Å². The van der Waals surface area contributed by atoms with E-state index in [1.807, 2.05) is 18.7 Å². The maximum absolute atomic E-state index is 13.5. The lowest BCUT2D eigenvalue weighted by Crippen LogP contribution is -2.82. The molecule has 0 bridgehead atoms. The molecule has 0 aromatic rings. The highest BCUT2D eigenvalue weighted by Gasteiger charge is 2.62. The molecule has 31 heavy (non-hydrogen) atoms. The van der Waals surface area contributed by atoms with E-state index in [0.29, 0.717) is 12.5 Å². The molecule has 6 nitrogen and oxygen atoms in total. The first-order valence-electron chi connectivity index (χ1n) is 11.0. The summed E-state index contributed by atoms with van der Waals surface area (Å²) in [6.45, 7) is 4.88. The van der Waals surface area contributed by atoms with Crippen molar-refractivity contribution in [1.29, 1.82) is 0 Å². The minimum Gasteiger partial charge on any atom is -0.329 e. The zero-order valence-corrected chi connectivity index (χ0v) is 19.4. The van der Waals surface area contributed by atoms with Gasteiger partial charge in [-0.2, -0.15) is 13.2 Å². The van der Waals surface area contributed by atoms with Crippen LogP contribution in [0, 0.1) is 5.92 Å². The van der Waals surface area contributed by atoms with Crippen molar-refractivity contribution in [2.45, 2.75) is 74.2 Å². The molecule has 2 unspecified atom stereocenters. The molecule has 1 N–H and O–H groups in total. The molecule has 11 heteroatoms. The lowest BCUT2D eigenvalue weighted by atomic mass is 9.81. The van der Waals surface area contributed by atoms with E-state index in [4.69, 9.17) is 11.6 Å². The fourth-order valence-electron chi connectivity index (χ4n) is 5.13. The second kappa shape index (κ2) is 8.57. The molecule has 3 heterocycles. The van der Waals surface area contributed by atoms with Crippen LogP contribution < -0.4 is 5.32 Å². The van der Waals surface area contributed by atoms with E-state index in [1.165, 1.54) is 11.8 Å². The summed E-state index contributed by atoms with van der Waals surface area (Å²) in [6.07, 6.45) is -0.634. The molecular formula is C20H30ClF3N4O2S. The van der Waals surface area contributed by atoms with Crippen molar-refractivity contribution in [3.8, 4) is 0 Å². The standard InChI is InChI=1S/C20H30ClF3N4O2S/c1-12(2)27-8-16(29)28(7-13-3-5-14(21)6-4-13)19(17(27)30)10-26(11-19)18-25-15(9-31-18)20(22,23)24/h12-15,18,25H,3-11H2,1-2H3. The lowest BCUT2D eigenvalue weighted by molar-refractivity contribution is -0.184. The number of nitrogens with one attached hydrogen (secondary N) is 1. The van der Waals surface area contributed by atoms with Gasteiger partial charge in [-0.3, -0.25) is 19.8 Å². The third-order valence-electron chi connectivity index (χ3n) is 7.04. The summed E-state index contributed by atoms with van der Waals surface area (Å²) in [4.78, 5) is 31.8. The third kappa shape index (κ3) is 4.42. The fraction of sp³-hybridized carbons (Fsp3) is 0.900. The molecule has 1 aliphatic carbocycles. The average molecular weight is 483 g/mol. The zero-order chi connectivity index (χ0) is 22.6. The predicted molar refractivity (Wildman–Crippen MR) is 114 cm³/mol. The van der Waals surface area contributed by atoms with E-state index in [-0.39, 0.29) is 48.6 Å². The molecule has 1 spiro atoms. The number of likely N-dealkylation sites (tertiary alicyclic amines) is 1. The van der Waals surface area contributed by atoms with E-state index in [2.05, 4.69) is 5.32 Å². The molecule has 0 aromatic carbocycles. The molecule has 2 atom stereocenters. The van der Waals surface area contributed by atoms with Crippen LogP contribution in [0.5, 0.6) is 0 Å². The monoisotopic (exact) mass is 482 g/mol. The zero-order valence-electron chi connectivity index (χ0n) is 17.8. The fourth-order valence-corrected chi connectivity index (χ4v) is 6.67. The summed E-state index contributed by atoms with van der Waals surface area (Å²) in [5, 5.41) is 2.81. The number of amides is 2. The van der Waals surface area contributed by atoms with Crippen LogP contribution in [0.15, 0.2) is 0 Å². The number of rotatable bonds is 4. The number of alkyl halides is 4. The van der Waals surface area contributed by atoms with Crippen LogP contribution in [0.1, 0.15) is 39.5 Å². The summed E-state index contributed by atoms with van der Waals surface area (Å²) in [5.74, 6) is 0.103. The number of hydrogen-bond donors (Lipinski definition) is 1. The Morgan fingerprint density at radius 3 is 2.39 bits per heavy atom. The second-order valence-corrected chi connectivity index (χ2v) is 11.3. The van der Waals surface area contributed by atoms with Gasteiger partial charge < -0.3 is 9.80 Å². The number of piperazine rings is 1. The molecule has 2 amide bonds. The topological polar surface area (TPSA) is 55.9 Å². The van der Waals surface area contributed by atoms with Gasteiger partial charge >= 0.3 is 6.18 Å². The van der Waals surface area contributed by atoms with Crippen LogP contribution >= 0.6 is 23.4 Å². The SMILES string of the molecule is CC(C)N1CC(=O)N(CC2CCC(Cl)CC2)C2(CN(C3NC(C(F)(F)F)CS3)C2)C1=O. The van der Waals surface area contributed by atoms with Gasteiger partial charge in [-0.15, -0.1) is 23.4 Å². The van der Waals surface area contributed by atoms with Crippen molar-refractivity contribution in [3.05, 3.63) is 0 Å². The number of carbonyl (C=O) groups excluding carboxylic acids is 2. The maximum Gasteiger partial charge on any atom is 0.404 e. The second-order valence-electron chi connectivity index (χ2n) is 9.53. The molecule has 1 saturated carbocycles. The van der Waals surface area contributed by atoms with Crippen LogP contribution in [-0.4, -0.2) is 93.1 Å². The van der Waals surface area contributed by atoms with Crippen molar-refractivity contribution in [1.82, 2.24) is 20.0 Å². The normalized spacial score (nSPS) is 34.7. The first-order valence-corrected chi connectivity index (χ1v) is 12.4. The quantitative estimate of drug-likeness (QED) is 0.624. The average Bonchev–Trinajstić information content (AvgIpc) is 3.15. The minimum absolute atomic E-state index is 0.0476. The predicted octanol–water partition coefficient (Wildman–Crippen LogP) is 2.47. The largest absolute Gasteiger partial charge is 0.404 e. The molecular weight excluding hydrogens is 453 g/mol. The van der Waals surface area contributed by atoms with Crippen molar-refractivity contribution in [2.75, 3.05) is 31.9 Å². The van der Waals surface area contributed by atoms with Gasteiger partial charge in [0.05, 0.1) is 0 Å². The highest BCUT2D eigenvalue weighted by atomic mass is 35.5. The van der Waals surface area contributed by atoms with Crippen LogP contribution in [0.4, 0.5) is 13.2 Å². The van der Waals surface area contributed by atoms with E-state index >= 15 is 0 Å². The molecule has 4 aliphatic rings. The Kier molecular flexibility index (Phi) is 6.48. The van der Waals surface area contributed by atoms with Crippen molar-refractivity contribution >= 4 is 35.2 Å². The summed E-state index contributed by atoms with van der Waals surface area (Å²) in [6, 6.07) is -1.65. The summed E-state index contributed by atoms with van der Waals surface area (Å²) < 4.78 is 39.2. The summed E-state index contributed by atoms with van der Waals surface area (Å²) >= 11 is 7.43. The van der Waals surface area contributed by atoms with E-state index < -0.39 is 23.3 Å².